The number of rotatable bonds is 10. The summed E-state index contributed by atoms with van der Waals surface area (Å²) in [5.41, 5.74) is 8.54. The predicted octanol–water partition coefficient (Wildman–Crippen LogP) is 5.50. The maximum atomic E-state index is 4.67. The predicted molar refractivity (Wildman–Crippen MR) is 149 cm³/mol. The van der Waals surface area contributed by atoms with Gasteiger partial charge < -0.3 is 10.6 Å². The number of anilines is 2. The number of hydrogen-bond donors (Lipinski definition) is 2. The van der Waals surface area contributed by atoms with Gasteiger partial charge in [0.2, 0.25) is 0 Å². The van der Waals surface area contributed by atoms with Crippen LogP contribution in [-0.2, 0) is 18.5 Å². The van der Waals surface area contributed by atoms with Crippen LogP contribution in [-0.4, -0.2) is 53.0 Å². The maximum Gasteiger partial charge on any atom is 0.0568 e. The fourth-order valence-corrected chi connectivity index (χ4v) is 4.84. The monoisotopic (exact) mass is 482 g/mol. The number of aromatic nitrogens is 2. The zero-order chi connectivity index (χ0) is 25.1. The normalized spacial score (nSPS) is 16.2. The van der Waals surface area contributed by atoms with Gasteiger partial charge in [-0.1, -0.05) is 26.5 Å². The Balaban J connectivity index is 1.34. The molecule has 36 heavy (non-hydrogen) atoms. The summed E-state index contributed by atoms with van der Waals surface area (Å²) < 4.78 is 0. The average Bonchev–Trinajstić information content (AvgIpc) is 2.84. The molecule has 2 fully saturated rings. The van der Waals surface area contributed by atoms with Gasteiger partial charge in [0, 0.05) is 54.9 Å². The molecule has 6 nitrogen and oxygen atoms in total. The highest BCUT2D eigenvalue weighted by molar-refractivity contribution is 5.71. The quantitative estimate of drug-likeness (QED) is 0.398. The molecule has 5 rings (SSSR count). The first-order chi connectivity index (χ1) is 17.4. The Kier molecular flexibility index (Phi) is 7.08. The van der Waals surface area contributed by atoms with Crippen molar-refractivity contribution < 1.29 is 0 Å². The lowest BCUT2D eigenvalue weighted by Crippen LogP contribution is -2.36. The highest BCUT2D eigenvalue weighted by Gasteiger charge is 2.28. The van der Waals surface area contributed by atoms with E-state index in [1.807, 2.05) is 25.6 Å². The standard InChI is InChI=1S/C30H38N6/c1-22(34-26-8-9-27(33-19-26)21-36-13-6-14-36)30(2,3)28-16-24(7-10-29(28)31-4)25-15-23(17-32-18-25)20-35-11-5-12-35/h7-10,15-19,31,34H,1,5-6,11-14,20-21H2,2-4H3. The lowest BCUT2D eigenvalue weighted by Gasteiger charge is -2.32. The lowest BCUT2D eigenvalue weighted by molar-refractivity contribution is 0.170. The number of nitrogens with zero attached hydrogens (tertiary/aromatic N) is 4. The molecule has 2 aliphatic rings. The van der Waals surface area contributed by atoms with E-state index in [9.17, 15) is 0 Å². The van der Waals surface area contributed by atoms with Gasteiger partial charge >= 0.3 is 0 Å². The highest BCUT2D eigenvalue weighted by atomic mass is 15.2. The van der Waals surface area contributed by atoms with E-state index in [0.717, 1.165) is 41.4 Å². The third-order valence-electron chi connectivity index (χ3n) is 7.65. The van der Waals surface area contributed by atoms with Crippen LogP contribution in [0.1, 0.15) is 43.5 Å². The van der Waals surface area contributed by atoms with Crippen LogP contribution in [0.5, 0.6) is 0 Å². The van der Waals surface area contributed by atoms with E-state index in [1.54, 1.807) is 0 Å². The molecule has 4 heterocycles. The minimum atomic E-state index is -0.326. The largest absolute Gasteiger partial charge is 0.388 e. The molecule has 2 saturated heterocycles. The van der Waals surface area contributed by atoms with Crippen LogP contribution in [0, 0.1) is 0 Å². The summed E-state index contributed by atoms with van der Waals surface area (Å²) in [5.74, 6) is 0. The molecule has 0 amide bonds. The van der Waals surface area contributed by atoms with Gasteiger partial charge in [-0.05, 0) is 86.0 Å². The summed E-state index contributed by atoms with van der Waals surface area (Å²) in [6.07, 6.45) is 8.47. The fraction of sp³-hybridized carbons (Fsp3) is 0.400. The summed E-state index contributed by atoms with van der Waals surface area (Å²) in [4.78, 5) is 14.1. The van der Waals surface area contributed by atoms with Gasteiger partial charge in [-0.2, -0.15) is 0 Å². The van der Waals surface area contributed by atoms with Gasteiger partial charge in [0.1, 0.15) is 0 Å². The van der Waals surface area contributed by atoms with Crippen LogP contribution in [0.3, 0.4) is 0 Å². The third-order valence-corrected chi connectivity index (χ3v) is 7.65. The van der Waals surface area contributed by atoms with E-state index in [4.69, 9.17) is 0 Å². The summed E-state index contributed by atoms with van der Waals surface area (Å²) in [5, 5.41) is 6.91. The third kappa shape index (κ3) is 5.30. The summed E-state index contributed by atoms with van der Waals surface area (Å²) in [7, 11) is 1.97. The Labute approximate surface area is 215 Å². The van der Waals surface area contributed by atoms with Crippen molar-refractivity contribution in [1.82, 2.24) is 19.8 Å². The Morgan fingerprint density at radius 3 is 2.31 bits per heavy atom. The molecule has 6 heteroatoms. The first-order valence-corrected chi connectivity index (χ1v) is 13.0. The molecule has 2 aliphatic heterocycles. The van der Waals surface area contributed by atoms with Gasteiger partial charge in [0.25, 0.3) is 0 Å². The van der Waals surface area contributed by atoms with Gasteiger partial charge in [-0.25, -0.2) is 0 Å². The number of nitrogens with one attached hydrogen (secondary N) is 2. The van der Waals surface area contributed by atoms with E-state index in [2.05, 4.69) is 87.2 Å². The number of allylic oxidation sites excluding steroid dienone is 1. The van der Waals surface area contributed by atoms with Crippen molar-refractivity contribution in [2.24, 2.45) is 0 Å². The van der Waals surface area contributed by atoms with Gasteiger partial charge in [-0.15, -0.1) is 0 Å². The van der Waals surface area contributed by atoms with Crippen molar-refractivity contribution in [2.45, 2.75) is 45.2 Å². The molecule has 0 aliphatic carbocycles. The molecule has 188 valence electrons. The minimum Gasteiger partial charge on any atom is -0.388 e. The van der Waals surface area contributed by atoms with Crippen molar-refractivity contribution in [3.8, 4) is 11.1 Å². The smallest absolute Gasteiger partial charge is 0.0568 e. The van der Waals surface area contributed by atoms with Crippen LogP contribution in [0.4, 0.5) is 11.4 Å². The van der Waals surface area contributed by atoms with Crippen molar-refractivity contribution >= 4 is 11.4 Å². The molecule has 0 radical (unpaired) electrons. The molecule has 3 aromatic rings. The fourth-order valence-electron chi connectivity index (χ4n) is 4.84. The Morgan fingerprint density at radius 2 is 1.67 bits per heavy atom. The SMILES string of the molecule is C=C(Nc1ccc(CN2CCC2)nc1)C(C)(C)c1cc(-c2cncc(CN3CCC3)c2)ccc1NC. The highest BCUT2D eigenvalue weighted by Crippen LogP contribution is 2.38. The number of likely N-dealkylation sites (tertiary alicyclic amines) is 2. The summed E-state index contributed by atoms with van der Waals surface area (Å²) in [6.45, 7) is 15.5. The van der Waals surface area contributed by atoms with Crippen LogP contribution in [0.25, 0.3) is 11.1 Å². The van der Waals surface area contributed by atoms with Crippen molar-refractivity contribution in [1.29, 1.82) is 0 Å². The molecule has 2 N–H and O–H groups in total. The Hall–Kier alpha value is -3.22. The molecular formula is C30H38N6. The molecule has 2 aromatic heterocycles. The average molecular weight is 483 g/mol. The van der Waals surface area contributed by atoms with Crippen molar-refractivity contribution in [2.75, 3.05) is 43.9 Å². The van der Waals surface area contributed by atoms with E-state index in [0.29, 0.717) is 0 Å². The maximum absolute atomic E-state index is 4.67. The number of hydrogen-bond acceptors (Lipinski definition) is 6. The van der Waals surface area contributed by atoms with E-state index in [-0.39, 0.29) is 5.41 Å². The molecule has 0 atom stereocenters. The molecule has 0 bridgehead atoms. The van der Waals surface area contributed by atoms with Crippen LogP contribution < -0.4 is 10.6 Å². The number of pyridine rings is 2. The zero-order valence-corrected chi connectivity index (χ0v) is 21.8. The Morgan fingerprint density at radius 1 is 0.917 bits per heavy atom. The van der Waals surface area contributed by atoms with Crippen LogP contribution in [0.15, 0.2) is 67.3 Å². The van der Waals surface area contributed by atoms with Gasteiger partial charge in [0.05, 0.1) is 17.6 Å². The van der Waals surface area contributed by atoms with E-state index in [1.165, 1.54) is 55.7 Å². The second-order valence-corrected chi connectivity index (χ2v) is 10.6. The molecule has 1 aromatic carbocycles. The van der Waals surface area contributed by atoms with Crippen LogP contribution >= 0.6 is 0 Å². The first-order valence-electron chi connectivity index (χ1n) is 13.0. The van der Waals surface area contributed by atoms with Crippen molar-refractivity contribution in [3.63, 3.8) is 0 Å². The van der Waals surface area contributed by atoms with Gasteiger partial charge in [-0.3, -0.25) is 19.8 Å². The first kappa shape index (κ1) is 24.5. The summed E-state index contributed by atoms with van der Waals surface area (Å²) in [6, 6.07) is 13.1. The summed E-state index contributed by atoms with van der Waals surface area (Å²) >= 11 is 0. The topological polar surface area (TPSA) is 56.3 Å². The minimum absolute atomic E-state index is 0.326. The number of benzene rings is 1. The van der Waals surface area contributed by atoms with Crippen molar-refractivity contribution in [3.05, 3.63) is 84.1 Å². The zero-order valence-electron chi connectivity index (χ0n) is 21.8. The van der Waals surface area contributed by atoms with Crippen LogP contribution in [0.2, 0.25) is 0 Å². The van der Waals surface area contributed by atoms with E-state index < -0.39 is 0 Å². The van der Waals surface area contributed by atoms with E-state index >= 15 is 0 Å². The second-order valence-electron chi connectivity index (χ2n) is 10.6. The van der Waals surface area contributed by atoms with Gasteiger partial charge in [0.15, 0.2) is 0 Å². The second kappa shape index (κ2) is 10.4. The molecule has 0 saturated carbocycles. The lowest BCUT2D eigenvalue weighted by atomic mass is 9.79. The Bertz CT molecular complexity index is 1210. The molecule has 0 unspecified atom stereocenters. The molecule has 0 spiro atoms. The molecular weight excluding hydrogens is 444 g/mol.